The number of fused-ring (bicyclic) bond motifs is 1. The molecule has 0 bridgehead atoms. The smallest absolute Gasteiger partial charge is 0.333 e. The lowest BCUT2D eigenvalue weighted by Gasteiger charge is -2.05. The van der Waals surface area contributed by atoms with Crippen molar-refractivity contribution < 1.29 is 19.0 Å². The van der Waals surface area contributed by atoms with Crippen LogP contribution in [0.1, 0.15) is 6.92 Å². The zero-order valence-corrected chi connectivity index (χ0v) is 10.4. The molecule has 1 heterocycles. The molecular weight excluding hydrogens is 234 g/mol. The molecule has 1 aromatic rings. The number of esters is 1. The van der Waals surface area contributed by atoms with Crippen molar-refractivity contribution in [3.05, 3.63) is 29.8 Å². The number of carbonyl (C=O) groups is 1. The van der Waals surface area contributed by atoms with Crippen LogP contribution in [0.3, 0.4) is 0 Å². The molecule has 2 rings (SSSR count). The van der Waals surface area contributed by atoms with Crippen molar-refractivity contribution in [1.82, 2.24) is 0 Å². The Morgan fingerprint density at radius 1 is 1.44 bits per heavy atom. The fourth-order valence-corrected chi connectivity index (χ4v) is 1.57. The summed E-state index contributed by atoms with van der Waals surface area (Å²) in [7, 11) is 1.37. The number of nitrogens with one attached hydrogen (secondary N) is 1. The Balaban J connectivity index is 1.93. The number of anilines is 1. The van der Waals surface area contributed by atoms with Crippen LogP contribution in [0.25, 0.3) is 0 Å². The second kappa shape index (κ2) is 5.44. The third-order valence-electron chi connectivity index (χ3n) is 2.59. The molecule has 18 heavy (non-hydrogen) atoms. The SMILES string of the molecule is COC(=O)/C(C)=C/CNc1ccc2c(c1)OCO2. The molecule has 1 N–H and O–H groups in total. The van der Waals surface area contributed by atoms with Gasteiger partial charge in [-0.1, -0.05) is 6.08 Å². The Morgan fingerprint density at radius 2 is 2.22 bits per heavy atom. The van der Waals surface area contributed by atoms with Gasteiger partial charge in [0, 0.05) is 23.9 Å². The minimum absolute atomic E-state index is 0.264. The van der Waals surface area contributed by atoms with E-state index in [1.807, 2.05) is 18.2 Å². The van der Waals surface area contributed by atoms with Crippen LogP contribution in [0.4, 0.5) is 5.69 Å². The van der Waals surface area contributed by atoms with Gasteiger partial charge in [-0.05, 0) is 19.1 Å². The van der Waals surface area contributed by atoms with Gasteiger partial charge in [0.15, 0.2) is 11.5 Å². The van der Waals surface area contributed by atoms with Gasteiger partial charge in [0.2, 0.25) is 6.79 Å². The second-order valence-corrected chi connectivity index (χ2v) is 3.83. The molecule has 0 radical (unpaired) electrons. The van der Waals surface area contributed by atoms with Crippen LogP contribution in [-0.4, -0.2) is 26.4 Å². The summed E-state index contributed by atoms with van der Waals surface area (Å²) in [6.45, 7) is 2.52. The third kappa shape index (κ3) is 2.74. The number of methoxy groups -OCH3 is 1. The summed E-state index contributed by atoms with van der Waals surface area (Å²) in [6, 6.07) is 5.61. The van der Waals surface area contributed by atoms with Crippen molar-refractivity contribution in [1.29, 1.82) is 0 Å². The summed E-state index contributed by atoms with van der Waals surface area (Å²) in [4.78, 5) is 11.2. The molecule has 5 heteroatoms. The lowest BCUT2D eigenvalue weighted by molar-refractivity contribution is -0.136. The fourth-order valence-electron chi connectivity index (χ4n) is 1.57. The van der Waals surface area contributed by atoms with E-state index in [0.717, 1.165) is 17.2 Å². The number of hydrogen-bond donors (Lipinski definition) is 1. The summed E-state index contributed by atoms with van der Waals surface area (Å²) < 4.78 is 15.1. The molecule has 5 nitrogen and oxygen atoms in total. The van der Waals surface area contributed by atoms with Gasteiger partial charge in [0.05, 0.1) is 7.11 Å². The lowest BCUT2D eigenvalue weighted by atomic mass is 10.2. The molecule has 0 aromatic heterocycles. The normalized spacial score (nSPS) is 13.3. The minimum atomic E-state index is -0.317. The average molecular weight is 249 g/mol. The molecule has 0 fully saturated rings. The maximum atomic E-state index is 11.2. The largest absolute Gasteiger partial charge is 0.466 e. The first-order valence-corrected chi connectivity index (χ1v) is 5.59. The van der Waals surface area contributed by atoms with Crippen LogP contribution in [0, 0.1) is 0 Å². The highest BCUT2D eigenvalue weighted by Crippen LogP contribution is 2.34. The molecule has 0 amide bonds. The van der Waals surface area contributed by atoms with Crippen molar-refractivity contribution in [2.45, 2.75) is 6.92 Å². The van der Waals surface area contributed by atoms with Crippen molar-refractivity contribution in [3.8, 4) is 11.5 Å². The number of carbonyl (C=O) groups excluding carboxylic acids is 1. The summed E-state index contributed by atoms with van der Waals surface area (Å²) >= 11 is 0. The van der Waals surface area contributed by atoms with Gasteiger partial charge in [0.1, 0.15) is 0 Å². The topological polar surface area (TPSA) is 56.8 Å². The van der Waals surface area contributed by atoms with Crippen LogP contribution in [0.5, 0.6) is 11.5 Å². The molecule has 1 aliphatic rings. The minimum Gasteiger partial charge on any atom is -0.466 e. The van der Waals surface area contributed by atoms with Crippen LogP contribution in [0.2, 0.25) is 0 Å². The van der Waals surface area contributed by atoms with Gasteiger partial charge in [-0.15, -0.1) is 0 Å². The Morgan fingerprint density at radius 3 is 3.00 bits per heavy atom. The van der Waals surface area contributed by atoms with Gasteiger partial charge >= 0.3 is 5.97 Å². The first kappa shape index (κ1) is 12.3. The molecule has 0 atom stereocenters. The standard InChI is InChI=1S/C13H15NO4/c1-9(13(15)16-2)5-6-14-10-3-4-11-12(7-10)18-8-17-11/h3-5,7,14H,6,8H2,1-2H3/b9-5+. The molecule has 0 aliphatic carbocycles. The summed E-state index contributed by atoms with van der Waals surface area (Å²) in [5.41, 5.74) is 1.49. The lowest BCUT2D eigenvalue weighted by Crippen LogP contribution is -2.05. The first-order valence-electron chi connectivity index (χ1n) is 5.59. The quantitative estimate of drug-likeness (QED) is 0.653. The summed E-state index contributed by atoms with van der Waals surface area (Å²) in [6.07, 6.45) is 1.77. The monoisotopic (exact) mass is 249 g/mol. The van der Waals surface area contributed by atoms with E-state index >= 15 is 0 Å². The highest BCUT2D eigenvalue weighted by Gasteiger charge is 2.12. The number of rotatable bonds is 4. The summed E-state index contributed by atoms with van der Waals surface area (Å²) in [5, 5.41) is 3.16. The van der Waals surface area contributed by atoms with Crippen molar-refractivity contribution in [3.63, 3.8) is 0 Å². The van der Waals surface area contributed by atoms with E-state index in [-0.39, 0.29) is 12.8 Å². The maximum absolute atomic E-state index is 11.2. The van der Waals surface area contributed by atoms with Gasteiger partial charge in [0.25, 0.3) is 0 Å². The molecule has 1 aromatic carbocycles. The second-order valence-electron chi connectivity index (χ2n) is 3.83. The fraction of sp³-hybridized carbons (Fsp3) is 0.308. The highest BCUT2D eigenvalue weighted by atomic mass is 16.7. The zero-order valence-electron chi connectivity index (χ0n) is 10.4. The maximum Gasteiger partial charge on any atom is 0.333 e. The number of hydrogen-bond acceptors (Lipinski definition) is 5. The zero-order chi connectivity index (χ0) is 13.0. The Kier molecular flexibility index (Phi) is 3.72. The average Bonchev–Trinajstić information content (AvgIpc) is 2.85. The van der Waals surface area contributed by atoms with Gasteiger partial charge < -0.3 is 19.5 Å². The van der Waals surface area contributed by atoms with Gasteiger partial charge in [-0.25, -0.2) is 4.79 Å². The van der Waals surface area contributed by atoms with E-state index in [1.54, 1.807) is 13.0 Å². The van der Waals surface area contributed by atoms with E-state index in [2.05, 4.69) is 10.1 Å². The highest BCUT2D eigenvalue weighted by molar-refractivity contribution is 5.87. The van der Waals surface area contributed by atoms with E-state index in [1.165, 1.54) is 7.11 Å². The van der Waals surface area contributed by atoms with E-state index in [9.17, 15) is 4.79 Å². The van der Waals surface area contributed by atoms with E-state index < -0.39 is 0 Å². The van der Waals surface area contributed by atoms with Crippen molar-refractivity contribution in [2.24, 2.45) is 0 Å². The van der Waals surface area contributed by atoms with Crippen LogP contribution in [-0.2, 0) is 9.53 Å². The van der Waals surface area contributed by atoms with Crippen LogP contribution < -0.4 is 14.8 Å². The van der Waals surface area contributed by atoms with Crippen molar-refractivity contribution >= 4 is 11.7 Å². The van der Waals surface area contributed by atoms with E-state index in [4.69, 9.17) is 9.47 Å². The third-order valence-corrected chi connectivity index (χ3v) is 2.59. The molecule has 0 saturated heterocycles. The predicted octanol–water partition coefficient (Wildman–Crippen LogP) is 1.95. The van der Waals surface area contributed by atoms with Crippen LogP contribution >= 0.6 is 0 Å². The van der Waals surface area contributed by atoms with Gasteiger partial charge in [-0.2, -0.15) is 0 Å². The number of ether oxygens (including phenoxy) is 3. The van der Waals surface area contributed by atoms with Crippen LogP contribution in [0.15, 0.2) is 29.8 Å². The summed E-state index contributed by atoms with van der Waals surface area (Å²) in [5.74, 6) is 1.16. The Bertz CT molecular complexity index is 482. The molecule has 0 saturated carbocycles. The molecule has 0 spiro atoms. The first-order chi connectivity index (χ1) is 8.70. The van der Waals surface area contributed by atoms with E-state index in [0.29, 0.717) is 12.1 Å². The Labute approximate surface area is 105 Å². The molecule has 1 aliphatic heterocycles. The molecular formula is C13H15NO4. The van der Waals surface area contributed by atoms with Crippen molar-refractivity contribution in [2.75, 3.05) is 25.8 Å². The predicted molar refractivity (Wildman–Crippen MR) is 66.8 cm³/mol. The van der Waals surface area contributed by atoms with Gasteiger partial charge in [-0.3, -0.25) is 0 Å². The molecule has 0 unspecified atom stereocenters. The molecule has 96 valence electrons. The number of benzene rings is 1. The Hall–Kier alpha value is -2.17.